The van der Waals surface area contributed by atoms with Gasteiger partial charge in [0, 0.05) is 18.4 Å². The van der Waals surface area contributed by atoms with Crippen LogP contribution in [-0.2, 0) is 9.59 Å². The summed E-state index contributed by atoms with van der Waals surface area (Å²) in [5.74, 6) is -1.42. The van der Waals surface area contributed by atoms with E-state index in [9.17, 15) is 14.4 Å². The van der Waals surface area contributed by atoms with Gasteiger partial charge in [-0.3, -0.25) is 9.59 Å². The molecule has 5 nitrogen and oxygen atoms in total. The first-order chi connectivity index (χ1) is 9.90. The van der Waals surface area contributed by atoms with Crippen molar-refractivity contribution in [2.75, 3.05) is 0 Å². The third-order valence-corrected chi connectivity index (χ3v) is 3.02. The number of carboxylic acid groups (broad SMARTS) is 1. The standard InChI is InChI=1S/C16H21NO4/c1-11(2)10-13(16(20)21)17-15(19)9-8-14(18)12-6-4-3-5-7-12/h3-7,11,13H,8-10H2,1-2H3,(H,17,19)(H,20,21)/t13-/m1/s1. The maximum Gasteiger partial charge on any atom is 0.326 e. The molecule has 0 aliphatic heterocycles. The van der Waals surface area contributed by atoms with E-state index in [0.29, 0.717) is 12.0 Å². The lowest BCUT2D eigenvalue weighted by Crippen LogP contribution is -2.41. The number of hydrogen-bond donors (Lipinski definition) is 2. The Hall–Kier alpha value is -2.17. The first kappa shape index (κ1) is 16.9. The van der Waals surface area contributed by atoms with Gasteiger partial charge < -0.3 is 10.4 Å². The second kappa shape index (κ2) is 8.19. The fourth-order valence-corrected chi connectivity index (χ4v) is 1.95. The first-order valence-corrected chi connectivity index (χ1v) is 7.00. The Kier molecular flexibility index (Phi) is 6.59. The van der Waals surface area contributed by atoms with E-state index in [2.05, 4.69) is 5.32 Å². The van der Waals surface area contributed by atoms with Gasteiger partial charge in [0.1, 0.15) is 6.04 Å². The maximum absolute atomic E-state index is 11.9. The maximum atomic E-state index is 11.9. The summed E-state index contributed by atoms with van der Waals surface area (Å²) in [7, 11) is 0. The van der Waals surface area contributed by atoms with Gasteiger partial charge in [-0.05, 0) is 12.3 Å². The molecule has 114 valence electrons. The lowest BCUT2D eigenvalue weighted by molar-refractivity contribution is -0.142. The summed E-state index contributed by atoms with van der Waals surface area (Å²) in [6.45, 7) is 3.78. The number of carbonyl (C=O) groups is 3. The topological polar surface area (TPSA) is 83.5 Å². The molecule has 2 N–H and O–H groups in total. The van der Waals surface area contributed by atoms with Gasteiger partial charge in [0.2, 0.25) is 5.91 Å². The van der Waals surface area contributed by atoms with Crippen LogP contribution < -0.4 is 5.32 Å². The molecule has 0 heterocycles. The Balaban J connectivity index is 2.46. The molecule has 21 heavy (non-hydrogen) atoms. The molecular weight excluding hydrogens is 270 g/mol. The molecule has 0 bridgehead atoms. The Labute approximate surface area is 124 Å². The lowest BCUT2D eigenvalue weighted by Gasteiger charge is -2.16. The average molecular weight is 291 g/mol. The van der Waals surface area contributed by atoms with Crippen molar-refractivity contribution in [3.05, 3.63) is 35.9 Å². The monoisotopic (exact) mass is 291 g/mol. The Morgan fingerprint density at radius 1 is 1.10 bits per heavy atom. The van der Waals surface area contributed by atoms with E-state index in [1.165, 1.54) is 0 Å². The fraction of sp³-hybridized carbons (Fsp3) is 0.438. The number of benzene rings is 1. The third-order valence-electron chi connectivity index (χ3n) is 3.02. The predicted octanol–water partition coefficient (Wildman–Crippen LogP) is 2.27. The summed E-state index contributed by atoms with van der Waals surface area (Å²) in [6.07, 6.45) is 0.438. The van der Waals surface area contributed by atoms with Crippen LogP contribution in [0.25, 0.3) is 0 Å². The molecule has 0 radical (unpaired) electrons. The molecule has 0 saturated carbocycles. The van der Waals surface area contributed by atoms with Gasteiger partial charge in [0.05, 0.1) is 0 Å². The number of nitrogens with one attached hydrogen (secondary N) is 1. The van der Waals surface area contributed by atoms with Crippen LogP contribution >= 0.6 is 0 Å². The summed E-state index contributed by atoms with van der Waals surface area (Å²) in [5, 5.41) is 11.5. The van der Waals surface area contributed by atoms with Gasteiger partial charge in [-0.2, -0.15) is 0 Å². The van der Waals surface area contributed by atoms with E-state index in [1.54, 1.807) is 24.3 Å². The number of aliphatic carboxylic acids is 1. The highest BCUT2D eigenvalue weighted by molar-refractivity contribution is 5.98. The second-order valence-corrected chi connectivity index (χ2v) is 5.38. The molecule has 1 aromatic rings. The minimum atomic E-state index is -1.05. The molecule has 0 aliphatic rings. The van der Waals surface area contributed by atoms with E-state index in [-0.39, 0.29) is 24.5 Å². The van der Waals surface area contributed by atoms with Crippen molar-refractivity contribution in [2.45, 2.75) is 39.2 Å². The smallest absolute Gasteiger partial charge is 0.326 e. The number of rotatable bonds is 8. The van der Waals surface area contributed by atoms with E-state index in [4.69, 9.17) is 5.11 Å². The van der Waals surface area contributed by atoms with Crippen molar-refractivity contribution < 1.29 is 19.5 Å². The molecule has 1 rings (SSSR count). The largest absolute Gasteiger partial charge is 0.480 e. The highest BCUT2D eigenvalue weighted by Crippen LogP contribution is 2.07. The number of Topliss-reactive ketones (excluding diaryl/α,β-unsaturated/α-hetero) is 1. The van der Waals surface area contributed by atoms with Gasteiger partial charge >= 0.3 is 5.97 Å². The number of ketones is 1. The minimum absolute atomic E-state index is 0.00436. The molecule has 0 aromatic heterocycles. The van der Waals surface area contributed by atoms with Crippen LogP contribution in [0.4, 0.5) is 0 Å². The summed E-state index contributed by atoms with van der Waals surface area (Å²) in [6, 6.07) is 7.82. The van der Waals surface area contributed by atoms with Crippen LogP contribution in [0.2, 0.25) is 0 Å². The Morgan fingerprint density at radius 3 is 2.24 bits per heavy atom. The molecule has 0 saturated heterocycles. The zero-order valence-corrected chi connectivity index (χ0v) is 12.3. The van der Waals surface area contributed by atoms with Crippen molar-refractivity contribution in [1.29, 1.82) is 0 Å². The van der Waals surface area contributed by atoms with Gasteiger partial charge in [0.15, 0.2) is 5.78 Å². The molecule has 0 fully saturated rings. The highest BCUT2D eigenvalue weighted by atomic mass is 16.4. The molecule has 1 aromatic carbocycles. The van der Waals surface area contributed by atoms with Gasteiger partial charge in [-0.15, -0.1) is 0 Å². The third kappa shape index (κ3) is 6.21. The van der Waals surface area contributed by atoms with Crippen LogP contribution in [0, 0.1) is 5.92 Å². The van der Waals surface area contributed by atoms with Crippen molar-refractivity contribution in [1.82, 2.24) is 5.32 Å². The van der Waals surface area contributed by atoms with Crippen molar-refractivity contribution in [2.24, 2.45) is 5.92 Å². The number of carboxylic acids is 1. The lowest BCUT2D eigenvalue weighted by atomic mass is 10.0. The number of hydrogen-bond acceptors (Lipinski definition) is 3. The van der Waals surface area contributed by atoms with Gasteiger partial charge in [-0.25, -0.2) is 4.79 Å². The molecule has 5 heteroatoms. The quantitative estimate of drug-likeness (QED) is 0.720. The summed E-state index contributed by atoms with van der Waals surface area (Å²) >= 11 is 0. The Morgan fingerprint density at radius 2 is 1.71 bits per heavy atom. The average Bonchev–Trinajstić information content (AvgIpc) is 2.44. The van der Waals surface area contributed by atoms with Crippen LogP contribution in [0.1, 0.15) is 43.5 Å². The molecular formula is C16H21NO4. The van der Waals surface area contributed by atoms with Crippen molar-refractivity contribution in [3.63, 3.8) is 0 Å². The van der Waals surface area contributed by atoms with Crippen LogP contribution in [-0.4, -0.2) is 28.8 Å². The second-order valence-electron chi connectivity index (χ2n) is 5.38. The van der Waals surface area contributed by atoms with E-state index < -0.39 is 17.9 Å². The predicted molar refractivity (Wildman–Crippen MR) is 79.0 cm³/mol. The zero-order valence-electron chi connectivity index (χ0n) is 12.3. The summed E-state index contributed by atoms with van der Waals surface area (Å²) in [4.78, 5) is 34.6. The SMILES string of the molecule is CC(C)C[C@@H](NC(=O)CCC(=O)c1ccccc1)C(=O)O. The van der Waals surface area contributed by atoms with Crippen LogP contribution in [0.5, 0.6) is 0 Å². The summed E-state index contributed by atoms with van der Waals surface area (Å²) in [5.41, 5.74) is 0.558. The molecule has 0 spiro atoms. The van der Waals surface area contributed by atoms with Gasteiger partial charge in [-0.1, -0.05) is 44.2 Å². The van der Waals surface area contributed by atoms with E-state index >= 15 is 0 Å². The van der Waals surface area contributed by atoms with E-state index in [0.717, 1.165) is 0 Å². The van der Waals surface area contributed by atoms with E-state index in [1.807, 2.05) is 19.9 Å². The Bertz CT molecular complexity index is 496. The first-order valence-electron chi connectivity index (χ1n) is 7.00. The van der Waals surface area contributed by atoms with Crippen LogP contribution in [0.15, 0.2) is 30.3 Å². The molecule has 0 unspecified atom stereocenters. The van der Waals surface area contributed by atoms with Crippen molar-refractivity contribution >= 4 is 17.7 Å². The number of amides is 1. The van der Waals surface area contributed by atoms with Crippen LogP contribution in [0.3, 0.4) is 0 Å². The highest BCUT2D eigenvalue weighted by Gasteiger charge is 2.21. The van der Waals surface area contributed by atoms with Gasteiger partial charge in [0.25, 0.3) is 0 Å². The fourth-order valence-electron chi connectivity index (χ4n) is 1.95. The molecule has 1 amide bonds. The van der Waals surface area contributed by atoms with Crippen molar-refractivity contribution in [3.8, 4) is 0 Å². The zero-order chi connectivity index (χ0) is 15.8. The normalized spacial score (nSPS) is 12.0. The minimum Gasteiger partial charge on any atom is -0.480 e. The summed E-state index contributed by atoms with van der Waals surface area (Å²) < 4.78 is 0. The number of carbonyl (C=O) groups excluding carboxylic acids is 2. The molecule has 0 aliphatic carbocycles. The molecule has 1 atom stereocenters.